The summed E-state index contributed by atoms with van der Waals surface area (Å²) in [6, 6.07) is 9.11. The Bertz CT molecular complexity index is 396. The van der Waals surface area contributed by atoms with E-state index >= 15 is 0 Å². The molecular weight excluding hydrogens is 334 g/mol. The van der Waals surface area contributed by atoms with E-state index < -0.39 is 0 Å². The lowest BCUT2D eigenvalue weighted by Gasteiger charge is -2.31. The van der Waals surface area contributed by atoms with Gasteiger partial charge in [-0.3, -0.25) is 0 Å². The first-order chi connectivity index (χ1) is 9.79. The molecule has 1 N–H and O–H groups in total. The first-order valence-electron chi connectivity index (χ1n) is 7.49. The minimum Gasteiger partial charge on any atom is -0.381 e. The van der Waals surface area contributed by atoms with Gasteiger partial charge in [-0.2, -0.15) is 0 Å². The quantitative estimate of drug-likeness (QED) is 0.733. The predicted molar refractivity (Wildman–Crippen MR) is 90.5 cm³/mol. The molecule has 2 nitrogen and oxygen atoms in total. The Balaban J connectivity index is 1.89. The van der Waals surface area contributed by atoms with Crippen LogP contribution >= 0.6 is 27.7 Å². The van der Waals surface area contributed by atoms with Crippen molar-refractivity contribution in [1.82, 2.24) is 5.32 Å². The smallest absolute Gasteiger partial charge is 0.0509 e. The largest absolute Gasteiger partial charge is 0.381 e. The summed E-state index contributed by atoms with van der Waals surface area (Å²) < 4.78 is 6.81. The van der Waals surface area contributed by atoms with Gasteiger partial charge in [0, 0.05) is 27.8 Å². The monoisotopic (exact) mass is 357 g/mol. The van der Waals surface area contributed by atoms with E-state index in [0.717, 1.165) is 30.0 Å². The normalized spacial score (nSPS) is 20.8. The molecule has 0 bridgehead atoms. The van der Waals surface area contributed by atoms with Crippen molar-refractivity contribution in [2.75, 3.05) is 25.5 Å². The number of nitrogens with one attached hydrogen (secondary N) is 1. The second kappa shape index (κ2) is 9.08. The predicted octanol–water partition coefficient (Wildman–Crippen LogP) is 4.34. The van der Waals surface area contributed by atoms with Crippen LogP contribution in [0.15, 0.2) is 33.6 Å². The fourth-order valence-corrected chi connectivity index (χ4v) is 4.22. The van der Waals surface area contributed by atoms with Crippen LogP contribution in [0, 0.1) is 5.92 Å². The van der Waals surface area contributed by atoms with Gasteiger partial charge in [0.2, 0.25) is 0 Å². The van der Waals surface area contributed by atoms with Gasteiger partial charge < -0.3 is 10.1 Å². The van der Waals surface area contributed by atoms with Crippen LogP contribution in [0.5, 0.6) is 0 Å². The Hall–Kier alpha value is -0.0300. The standard InChI is InChI=1S/C16H24BrNOS/c1-2-8-18-16(13-5-4-9-19-11-13)12-20-15-7-3-6-14(17)10-15/h3,6-7,10,13,16,18H,2,4-5,8-9,11-12H2,1H3. The highest BCUT2D eigenvalue weighted by atomic mass is 79.9. The zero-order valence-electron chi connectivity index (χ0n) is 12.1. The molecule has 0 radical (unpaired) electrons. The van der Waals surface area contributed by atoms with Crippen molar-refractivity contribution >= 4 is 27.7 Å². The molecule has 0 aliphatic carbocycles. The van der Waals surface area contributed by atoms with Gasteiger partial charge >= 0.3 is 0 Å². The van der Waals surface area contributed by atoms with Crippen LogP contribution in [0.4, 0.5) is 0 Å². The molecule has 2 atom stereocenters. The minimum atomic E-state index is 0.555. The van der Waals surface area contributed by atoms with Crippen molar-refractivity contribution in [1.29, 1.82) is 0 Å². The maximum atomic E-state index is 5.66. The van der Waals surface area contributed by atoms with Crippen LogP contribution in [0.3, 0.4) is 0 Å². The average molecular weight is 358 g/mol. The number of hydrogen-bond acceptors (Lipinski definition) is 3. The molecule has 0 aromatic heterocycles. The number of thioether (sulfide) groups is 1. The fraction of sp³-hybridized carbons (Fsp3) is 0.625. The molecule has 20 heavy (non-hydrogen) atoms. The summed E-state index contributed by atoms with van der Waals surface area (Å²) in [4.78, 5) is 1.33. The summed E-state index contributed by atoms with van der Waals surface area (Å²) in [6.07, 6.45) is 3.68. The van der Waals surface area contributed by atoms with Gasteiger partial charge in [-0.15, -0.1) is 11.8 Å². The molecule has 1 aliphatic heterocycles. The molecule has 1 heterocycles. The number of hydrogen-bond donors (Lipinski definition) is 1. The van der Waals surface area contributed by atoms with Crippen LogP contribution in [0.1, 0.15) is 26.2 Å². The van der Waals surface area contributed by atoms with Crippen molar-refractivity contribution in [2.24, 2.45) is 5.92 Å². The number of ether oxygens (including phenoxy) is 1. The lowest BCUT2D eigenvalue weighted by Crippen LogP contribution is -2.42. The van der Waals surface area contributed by atoms with Gasteiger partial charge in [0.1, 0.15) is 0 Å². The topological polar surface area (TPSA) is 21.3 Å². The fourth-order valence-electron chi connectivity index (χ4n) is 2.52. The lowest BCUT2D eigenvalue weighted by molar-refractivity contribution is 0.0427. The number of halogens is 1. The lowest BCUT2D eigenvalue weighted by atomic mass is 9.95. The third-order valence-electron chi connectivity index (χ3n) is 3.65. The minimum absolute atomic E-state index is 0.555. The highest BCUT2D eigenvalue weighted by Gasteiger charge is 2.23. The Morgan fingerprint density at radius 1 is 1.50 bits per heavy atom. The van der Waals surface area contributed by atoms with E-state index in [1.54, 1.807) is 0 Å². The van der Waals surface area contributed by atoms with Crippen molar-refractivity contribution in [3.8, 4) is 0 Å². The highest BCUT2D eigenvalue weighted by Crippen LogP contribution is 2.26. The molecule has 2 rings (SSSR count). The van der Waals surface area contributed by atoms with E-state index in [2.05, 4.69) is 52.4 Å². The Kier molecular flexibility index (Phi) is 7.42. The van der Waals surface area contributed by atoms with Gasteiger partial charge in [0.15, 0.2) is 0 Å². The summed E-state index contributed by atoms with van der Waals surface area (Å²) in [5.74, 6) is 1.78. The van der Waals surface area contributed by atoms with Crippen LogP contribution in [-0.4, -0.2) is 31.6 Å². The third-order valence-corrected chi connectivity index (χ3v) is 5.25. The van der Waals surface area contributed by atoms with Crippen LogP contribution in [0.25, 0.3) is 0 Å². The van der Waals surface area contributed by atoms with Gasteiger partial charge in [-0.05, 0) is 49.9 Å². The molecule has 112 valence electrons. The highest BCUT2D eigenvalue weighted by molar-refractivity contribution is 9.10. The summed E-state index contributed by atoms with van der Waals surface area (Å²) in [5.41, 5.74) is 0. The Morgan fingerprint density at radius 2 is 2.40 bits per heavy atom. The average Bonchev–Trinajstić information content (AvgIpc) is 2.48. The first-order valence-corrected chi connectivity index (χ1v) is 9.27. The van der Waals surface area contributed by atoms with Crippen molar-refractivity contribution < 1.29 is 4.74 Å². The molecule has 1 aromatic carbocycles. The molecule has 4 heteroatoms. The molecule has 0 amide bonds. The summed E-state index contributed by atoms with van der Waals surface area (Å²) in [5, 5.41) is 3.71. The molecule has 0 spiro atoms. The zero-order chi connectivity index (χ0) is 14.2. The van der Waals surface area contributed by atoms with E-state index in [4.69, 9.17) is 4.74 Å². The molecule has 1 saturated heterocycles. The van der Waals surface area contributed by atoms with Gasteiger partial charge in [0.25, 0.3) is 0 Å². The number of benzene rings is 1. The van der Waals surface area contributed by atoms with E-state index in [9.17, 15) is 0 Å². The number of rotatable bonds is 7. The second-order valence-electron chi connectivity index (χ2n) is 5.31. The maximum Gasteiger partial charge on any atom is 0.0509 e. The molecule has 1 aliphatic rings. The summed E-state index contributed by atoms with van der Waals surface area (Å²) >= 11 is 5.48. The SMILES string of the molecule is CCCNC(CSc1cccc(Br)c1)C1CCCOC1. The van der Waals surface area contributed by atoms with Crippen molar-refractivity contribution in [2.45, 2.75) is 37.1 Å². The Morgan fingerprint density at radius 3 is 3.10 bits per heavy atom. The zero-order valence-corrected chi connectivity index (χ0v) is 14.5. The van der Waals surface area contributed by atoms with Crippen LogP contribution in [0.2, 0.25) is 0 Å². The van der Waals surface area contributed by atoms with E-state index in [0.29, 0.717) is 12.0 Å². The summed E-state index contributed by atoms with van der Waals surface area (Å²) in [7, 11) is 0. The first kappa shape index (κ1) is 16.3. The summed E-state index contributed by atoms with van der Waals surface area (Å²) in [6.45, 7) is 5.18. The van der Waals surface area contributed by atoms with E-state index in [1.165, 1.54) is 24.2 Å². The molecule has 2 unspecified atom stereocenters. The molecule has 1 aromatic rings. The van der Waals surface area contributed by atoms with Crippen LogP contribution < -0.4 is 5.32 Å². The van der Waals surface area contributed by atoms with E-state index in [-0.39, 0.29) is 0 Å². The van der Waals surface area contributed by atoms with Gasteiger partial charge in [-0.25, -0.2) is 0 Å². The molecule has 1 fully saturated rings. The van der Waals surface area contributed by atoms with Gasteiger partial charge in [-0.1, -0.05) is 28.9 Å². The van der Waals surface area contributed by atoms with Crippen molar-refractivity contribution in [3.63, 3.8) is 0 Å². The van der Waals surface area contributed by atoms with Crippen molar-refractivity contribution in [3.05, 3.63) is 28.7 Å². The Labute approximate surface area is 135 Å². The molecule has 0 saturated carbocycles. The molecular formula is C16H24BrNOS. The second-order valence-corrected chi connectivity index (χ2v) is 7.32. The van der Waals surface area contributed by atoms with Crippen LogP contribution in [-0.2, 0) is 4.74 Å². The van der Waals surface area contributed by atoms with E-state index in [1.807, 2.05) is 11.8 Å². The maximum absolute atomic E-state index is 5.66. The van der Waals surface area contributed by atoms with Gasteiger partial charge in [0.05, 0.1) is 6.61 Å². The third kappa shape index (κ3) is 5.40.